The van der Waals surface area contributed by atoms with Crippen molar-refractivity contribution in [1.82, 2.24) is 5.32 Å². The first kappa shape index (κ1) is 19.1. The molecule has 0 bridgehead atoms. The van der Waals surface area contributed by atoms with E-state index in [1.807, 2.05) is 49.5 Å². The van der Waals surface area contributed by atoms with Gasteiger partial charge in [0, 0.05) is 17.1 Å². The van der Waals surface area contributed by atoms with Gasteiger partial charge < -0.3 is 19.7 Å². The van der Waals surface area contributed by atoms with Crippen LogP contribution >= 0.6 is 11.6 Å². The van der Waals surface area contributed by atoms with Crippen molar-refractivity contribution < 1.29 is 19.2 Å². The zero-order valence-electron chi connectivity index (χ0n) is 14.8. The number of ether oxygens (including phenoxy) is 2. The van der Waals surface area contributed by atoms with Crippen LogP contribution in [0.2, 0.25) is 5.02 Å². The summed E-state index contributed by atoms with van der Waals surface area (Å²) in [7, 11) is 5.16. The second-order valence-electron chi connectivity index (χ2n) is 5.87. The van der Waals surface area contributed by atoms with Gasteiger partial charge in [0.25, 0.3) is 5.91 Å². The molecule has 0 aromatic heterocycles. The molecule has 1 atom stereocenters. The average molecular weight is 364 g/mol. The van der Waals surface area contributed by atoms with E-state index in [0.29, 0.717) is 31.1 Å². The fraction of sp³-hybridized carbons (Fsp3) is 0.316. The van der Waals surface area contributed by atoms with Gasteiger partial charge in [0.1, 0.15) is 6.54 Å². The molecule has 25 heavy (non-hydrogen) atoms. The van der Waals surface area contributed by atoms with E-state index in [-0.39, 0.29) is 5.91 Å². The zero-order valence-corrected chi connectivity index (χ0v) is 15.5. The van der Waals surface area contributed by atoms with E-state index < -0.39 is 0 Å². The van der Waals surface area contributed by atoms with Crippen LogP contribution in [0, 0.1) is 0 Å². The van der Waals surface area contributed by atoms with Crippen molar-refractivity contribution in [2.45, 2.75) is 13.1 Å². The third kappa shape index (κ3) is 5.66. The van der Waals surface area contributed by atoms with Crippen molar-refractivity contribution in [3.63, 3.8) is 0 Å². The van der Waals surface area contributed by atoms with Gasteiger partial charge >= 0.3 is 0 Å². The molecule has 2 aromatic rings. The molecule has 0 saturated heterocycles. The molecule has 0 spiro atoms. The molecule has 2 aromatic carbocycles. The molecular formula is C19H24ClN2O3+. The number of hydrogen-bond acceptors (Lipinski definition) is 3. The number of amides is 1. The number of methoxy groups -OCH3 is 2. The number of benzene rings is 2. The average Bonchev–Trinajstić information content (AvgIpc) is 2.61. The number of likely N-dealkylation sites (N-methyl/N-ethyl adjacent to an activating group) is 1. The smallest absolute Gasteiger partial charge is 0.275 e. The lowest BCUT2D eigenvalue weighted by molar-refractivity contribution is -0.885. The Morgan fingerprint density at radius 3 is 2.52 bits per heavy atom. The Kier molecular flexibility index (Phi) is 7.10. The van der Waals surface area contributed by atoms with Crippen LogP contribution < -0.4 is 19.7 Å². The van der Waals surface area contributed by atoms with E-state index in [1.54, 1.807) is 14.2 Å². The summed E-state index contributed by atoms with van der Waals surface area (Å²) in [6, 6.07) is 13.3. The van der Waals surface area contributed by atoms with Crippen molar-refractivity contribution in [2.24, 2.45) is 0 Å². The molecule has 2 N–H and O–H groups in total. The first-order chi connectivity index (χ1) is 12.0. The highest BCUT2D eigenvalue weighted by atomic mass is 35.5. The summed E-state index contributed by atoms with van der Waals surface area (Å²) in [6.07, 6.45) is 0. The van der Waals surface area contributed by atoms with Crippen LogP contribution in [0.1, 0.15) is 11.1 Å². The van der Waals surface area contributed by atoms with Gasteiger partial charge in [-0.15, -0.1) is 0 Å². The third-order valence-corrected chi connectivity index (χ3v) is 4.22. The van der Waals surface area contributed by atoms with Gasteiger partial charge in [-0.3, -0.25) is 4.79 Å². The molecule has 134 valence electrons. The van der Waals surface area contributed by atoms with Crippen molar-refractivity contribution in [3.8, 4) is 11.5 Å². The standard InChI is InChI=1S/C19H23ClN2O3/c1-22(12-15-6-4-5-7-16(15)20)13-19(23)21-11-14-8-9-17(24-2)18(10-14)25-3/h4-10H,11-13H2,1-3H3,(H,21,23)/p+1. The first-order valence-electron chi connectivity index (χ1n) is 8.05. The van der Waals surface area contributed by atoms with Gasteiger partial charge in [-0.1, -0.05) is 35.9 Å². The maximum atomic E-state index is 12.2. The molecule has 1 unspecified atom stereocenters. The Morgan fingerprint density at radius 2 is 1.84 bits per heavy atom. The minimum absolute atomic E-state index is 0.0145. The van der Waals surface area contributed by atoms with E-state index in [2.05, 4.69) is 5.32 Å². The van der Waals surface area contributed by atoms with E-state index in [1.165, 1.54) is 0 Å². The first-order valence-corrected chi connectivity index (χ1v) is 8.43. The summed E-state index contributed by atoms with van der Waals surface area (Å²) in [4.78, 5) is 13.2. The maximum Gasteiger partial charge on any atom is 0.275 e. The van der Waals surface area contributed by atoms with Crippen molar-refractivity contribution in [1.29, 1.82) is 0 Å². The van der Waals surface area contributed by atoms with Crippen LogP contribution in [0.25, 0.3) is 0 Å². The zero-order chi connectivity index (χ0) is 18.2. The van der Waals surface area contributed by atoms with E-state index >= 15 is 0 Å². The molecule has 0 radical (unpaired) electrons. The van der Waals surface area contributed by atoms with Gasteiger partial charge in [0.15, 0.2) is 18.0 Å². The Balaban J connectivity index is 1.85. The molecular weight excluding hydrogens is 340 g/mol. The maximum absolute atomic E-state index is 12.2. The van der Waals surface area contributed by atoms with Crippen LogP contribution in [-0.4, -0.2) is 33.7 Å². The van der Waals surface area contributed by atoms with Gasteiger partial charge in [-0.2, -0.15) is 0 Å². The topological polar surface area (TPSA) is 52.0 Å². The molecule has 2 rings (SSSR count). The number of carbonyl (C=O) groups is 1. The summed E-state index contributed by atoms with van der Waals surface area (Å²) in [5.74, 6) is 1.30. The number of rotatable bonds is 8. The van der Waals surface area contributed by atoms with Crippen molar-refractivity contribution in [2.75, 3.05) is 27.8 Å². The number of quaternary nitrogens is 1. The molecule has 0 heterocycles. The van der Waals surface area contributed by atoms with Gasteiger partial charge in [-0.05, 0) is 23.8 Å². The molecule has 0 aliphatic heterocycles. The Hall–Kier alpha value is -2.24. The summed E-state index contributed by atoms with van der Waals surface area (Å²) in [5.41, 5.74) is 1.99. The van der Waals surface area contributed by atoms with E-state index in [4.69, 9.17) is 21.1 Å². The lowest BCUT2D eigenvalue weighted by Gasteiger charge is -2.15. The fourth-order valence-corrected chi connectivity index (χ4v) is 2.76. The predicted molar refractivity (Wildman–Crippen MR) is 98.3 cm³/mol. The van der Waals surface area contributed by atoms with Gasteiger partial charge in [0.2, 0.25) is 0 Å². The summed E-state index contributed by atoms with van der Waals surface area (Å²) >= 11 is 6.16. The second kappa shape index (κ2) is 9.30. The van der Waals surface area contributed by atoms with Crippen LogP contribution in [0.4, 0.5) is 0 Å². The summed E-state index contributed by atoms with van der Waals surface area (Å²) < 4.78 is 10.5. The Labute approximate surface area is 153 Å². The molecule has 0 aliphatic rings. The van der Waals surface area contributed by atoms with Crippen molar-refractivity contribution >= 4 is 17.5 Å². The predicted octanol–water partition coefficient (Wildman–Crippen LogP) is 1.69. The number of nitrogens with one attached hydrogen (secondary N) is 2. The highest BCUT2D eigenvalue weighted by Crippen LogP contribution is 2.27. The van der Waals surface area contributed by atoms with Crippen LogP contribution in [0.5, 0.6) is 11.5 Å². The lowest BCUT2D eigenvalue weighted by Crippen LogP contribution is -3.08. The monoisotopic (exact) mass is 363 g/mol. The minimum atomic E-state index is -0.0145. The Bertz CT molecular complexity index is 722. The van der Waals surface area contributed by atoms with Gasteiger partial charge in [0.05, 0.1) is 21.3 Å². The fourth-order valence-electron chi connectivity index (χ4n) is 2.56. The van der Waals surface area contributed by atoms with E-state index in [9.17, 15) is 4.79 Å². The lowest BCUT2D eigenvalue weighted by atomic mass is 10.2. The molecule has 6 heteroatoms. The number of halogens is 1. The molecule has 0 saturated carbocycles. The molecule has 1 amide bonds. The molecule has 0 fully saturated rings. The quantitative estimate of drug-likeness (QED) is 0.750. The second-order valence-corrected chi connectivity index (χ2v) is 6.28. The van der Waals surface area contributed by atoms with Crippen LogP contribution in [0.3, 0.4) is 0 Å². The van der Waals surface area contributed by atoms with E-state index in [0.717, 1.165) is 21.0 Å². The number of carbonyl (C=O) groups excluding carboxylic acids is 1. The largest absolute Gasteiger partial charge is 0.493 e. The van der Waals surface area contributed by atoms with Crippen LogP contribution in [0.15, 0.2) is 42.5 Å². The van der Waals surface area contributed by atoms with Crippen LogP contribution in [-0.2, 0) is 17.9 Å². The highest BCUT2D eigenvalue weighted by Gasteiger charge is 2.12. The third-order valence-electron chi connectivity index (χ3n) is 3.85. The van der Waals surface area contributed by atoms with Crippen molar-refractivity contribution in [3.05, 3.63) is 58.6 Å². The summed E-state index contributed by atoms with van der Waals surface area (Å²) in [5, 5.41) is 3.66. The highest BCUT2D eigenvalue weighted by molar-refractivity contribution is 6.31. The molecule has 0 aliphatic carbocycles. The molecule has 5 nitrogen and oxygen atoms in total. The minimum Gasteiger partial charge on any atom is -0.493 e. The van der Waals surface area contributed by atoms with Gasteiger partial charge in [-0.25, -0.2) is 0 Å². The number of hydrogen-bond donors (Lipinski definition) is 2. The summed E-state index contributed by atoms with van der Waals surface area (Å²) in [6.45, 7) is 1.51. The normalized spacial score (nSPS) is 11.7. The SMILES string of the molecule is COc1ccc(CNC(=O)C[NH+](C)Cc2ccccc2Cl)cc1OC. The Morgan fingerprint density at radius 1 is 1.12 bits per heavy atom.